The van der Waals surface area contributed by atoms with Crippen LogP contribution in [0.1, 0.15) is 42.7 Å². The fourth-order valence-corrected chi connectivity index (χ4v) is 5.47. The molecule has 0 aliphatic heterocycles. The van der Waals surface area contributed by atoms with Crippen molar-refractivity contribution in [3.05, 3.63) is 29.3 Å². The molecule has 2 bridgehead atoms. The first-order valence-corrected chi connectivity index (χ1v) is 15.4. The molecule has 1 aromatic rings. The molecule has 9 heteroatoms. The van der Waals surface area contributed by atoms with Crippen LogP contribution in [0.15, 0.2) is 23.3 Å². The Balaban J connectivity index is 2.00. The summed E-state index contributed by atoms with van der Waals surface area (Å²) >= 11 is 0. The van der Waals surface area contributed by atoms with Crippen LogP contribution in [0.5, 0.6) is 5.75 Å². The first-order valence-electron chi connectivity index (χ1n) is 11.7. The Morgan fingerprint density at radius 3 is 2.48 bits per heavy atom. The van der Waals surface area contributed by atoms with Crippen LogP contribution in [0, 0.1) is 11.8 Å². The van der Waals surface area contributed by atoms with Gasteiger partial charge in [0.05, 0.1) is 38.2 Å². The molecule has 3 aliphatic rings. The summed E-state index contributed by atoms with van der Waals surface area (Å²) in [5.74, 6) is -2.99. The molecule has 0 amide bonds. The van der Waals surface area contributed by atoms with Crippen molar-refractivity contribution in [3.63, 3.8) is 0 Å². The van der Waals surface area contributed by atoms with E-state index in [1.54, 1.807) is 12.1 Å². The molecule has 1 saturated carbocycles. The fraction of sp³-hybridized carbons (Fsp3) is 0.625. The standard InChI is InChI=1S/C24H36N2O6Si/c1-5-10-31-24(30)22-20-17-13-15(28)6-7-16(17)18(14-19(20)26-25-8-9-27)21(22)23(29)32-11-12-33(2,3)4/h6-7,13,18,20-22,25,27-28H,5,8-12,14H2,1-4H3/b26-19+/t18?,20-,21?,22-/m1/s1. The van der Waals surface area contributed by atoms with E-state index in [1.165, 1.54) is 0 Å². The zero-order valence-electron chi connectivity index (χ0n) is 20.0. The van der Waals surface area contributed by atoms with E-state index in [0.29, 0.717) is 19.4 Å². The van der Waals surface area contributed by atoms with Crippen LogP contribution in [0.4, 0.5) is 0 Å². The van der Waals surface area contributed by atoms with E-state index in [1.807, 2.05) is 13.0 Å². The summed E-state index contributed by atoms with van der Waals surface area (Å²) in [7, 11) is -1.38. The number of nitrogens with zero attached hydrogens (tertiary/aromatic N) is 1. The minimum absolute atomic E-state index is 0.0732. The molecule has 3 N–H and O–H groups in total. The van der Waals surface area contributed by atoms with Gasteiger partial charge < -0.3 is 25.1 Å². The highest BCUT2D eigenvalue weighted by Crippen LogP contribution is 2.55. The number of hydrogen-bond acceptors (Lipinski definition) is 8. The summed E-state index contributed by atoms with van der Waals surface area (Å²) in [5, 5.41) is 23.7. The second-order valence-corrected chi connectivity index (χ2v) is 15.7. The third-order valence-corrected chi connectivity index (χ3v) is 8.01. The number of hydrazone groups is 1. The molecular formula is C24H36N2O6Si. The summed E-state index contributed by atoms with van der Waals surface area (Å²) in [6.07, 6.45) is 1.17. The number of carbonyl (C=O) groups excluding carboxylic acids is 2. The number of rotatable bonds is 10. The Labute approximate surface area is 196 Å². The van der Waals surface area contributed by atoms with Gasteiger partial charge in [0.1, 0.15) is 5.75 Å². The summed E-state index contributed by atoms with van der Waals surface area (Å²) < 4.78 is 11.2. The highest BCUT2D eigenvalue weighted by molar-refractivity contribution is 6.76. The number of hydrogen-bond donors (Lipinski definition) is 3. The Bertz CT molecular complexity index is 897. The number of aromatic hydroxyl groups is 1. The van der Waals surface area contributed by atoms with Crippen molar-refractivity contribution < 1.29 is 29.3 Å². The van der Waals surface area contributed by atoms with Crippen molar-refractivity contribution in [1.82, 2.24) is 5.43 Å². The van der Waals surface area contributed by atoms with Gasteiger partial charge >= 0.3 is 11.9 Å². The number of aliphatic hydroxyl groups is 1. The molecule has 2 unspecified atom stereocenters. The van der Waals surface area contributed by atoms with Crippen LogP contribution < -0.4 is 5.43 Å². The molecule has 4 rings (SSSR count). The van der Waals surface area contributed by atoms with Gasteiger partial charge in [0, 0.05) is 25.6 Å². The number of phenolic OH excluding ortho intramolecular Hbond substituents is 1. The Kier molecular flexibility index (Phi) is 8.17. The molecule has 0 heterocycles. The maximum absolute atomic E-state index is 13.4. The van der Waals surface area contributed by atoms with E-state index in [-0.39, 0.29) is 37.4 Å². The molecule has 33 heavy (non-hydrogen) atoms. The van der Waals surface area contributed by atoms with Crippen molar-refractivity contribution in [3.8, 4) is 5.75 Å². The number of benzene rings is 1. The second-order valence-electron chi connectivity index (χ2n) is 10.0. The zero-order valence-corrected chi connectivity index (χ0v) is 21.0. The fourth-order valence-electron chi connectivity index (χ4n) is 4.76. The van der Waals surface area contributed by atoms with Gasteiger partial charge in [0.2, 0.25) is 0 Å². The lowest BCUT2D eigenvalue weighted by atomic mass is 9.55. The Morgan fingerprint density at radius 1 is 1.12 bits per heavy atom. The molecule has 1 fully saturated rings. The molecular weight excluding hydrogens is 440 g/mol. The minimum Gasteiger partial charge on any atom is -0.508 e. The van der Waals surface area contributed by atoms with E-state index in [4.69, 9.17) is 14.6 Å². The van der Waals surface area contributed by atoms with E-state index >= 15 is 0 Å². The molecule has 0 aromatic heterocycles. The number of esters is 2. The van der Waals surface area contributed by atoms with Gasteiger partial charge in [-0.15, -0.1) is 0 Å². The lowest BCUT2D eigenvalue weighted by Crippen LogP contribution is -2.51. The van der Waals surface area contributed by atoms with Crippen LogP contribution >= 0.6 is 0 Å². The number of ether oxygens (including phenoxy) is 2. The summed E-state index contributed by atoms with van der Waals surface area (Å²) in [4.78, 5) is 26.6. The van der Waals surface area contributed by atoms with Gasteiger partial charge in [-0.3, -0.25) is 9.59 Å². The van der Waals surface area contributed by atoms with Gasteiger partial charge in [-0.25, -0.2) is 0 Å². The first kappa shape index (κ1) is 25.2. The normalized spacial score (nSPS) is 24.9. The Hall–Kier alpha value is -2.39. The number of aliphatic hydroxyl groups excluding tert-OH is 1. The van der Waals surface area contributed by atoms with Gasteiger partial charge in [-0.1, -0.05) is 32.6 Å². The molecule has 3 aliphatic carbocycles. The number of carbonyl (C=O) groups is 2. The predicted molar refractivity (Wildman–Crippen MR) is 128 cm³/mol. The molecule has 8 nitrogen and oxygen atoms in total. The predicted octanol–water partition coefficient (Wildman–Crippen LogP) is 2.98. The van der Waals surface area contributed by atoms with Crippen LogP contribution in [0.2, 0.25) is 25.7 Å². The van der Waals surface area contributed by atoms with Gasteiger partial charge in [0.25, 0.3) is 0 Å². The van der Waals surface area contributed by atoms with E-state index in [9.17, 15) is 14.7 Å². The quantitative estimate of drug-likeness (QED) is 0.206. The summed E-state index contributed by atoms with van der Waals surface area (Å²) in [5.41, 5.74) is 5.29. The lowest BCUT2D eigenvalue weighted by Gasteiger charge is -2.47. The molecule has 182 valence electrons. The SMILES string of the molecule is CCCOC(=O)[C@H]1C(C(=O)OCC[Si](C)(C)C)C2C/C(=N\NCCO)[C@H]1c1cc(O)ccc12. The van der Waals surface area contributed by atoms with Crippen molar-refractivity contribution in [2.45, 2.75) is 57.3 Å². The highest BCUT2D eigenvalue weighted by atomic mass is 28.3. The zero-order chi connectivity index (χ0) is 24.2. The minimum atomic E-state index is -1.38. The third-order valence-electron chi connectivity index (χ3n) is 6.31. The van der Waals surface area contributed by atoms with Crippen LogP contribution in [0.3, 0.4) is 0 Å². The van der Waals surface area contributed by atoms with Crippen molar-refractivity contribution in [2.24, 2.45) is 16.9 Å². The molecule has 0 radical (unpaired) electrons. The van der Waals surface area contributed by atoms with E-state index < -0.39 is 31.8 Å². The Morgan fingerprint density at radius 2 is 1.82 bits per heavy atom. The number of fused-ring (bicyclic) bond motifs is 2. The average molecular weight is 477 g/mol. The largest absolute Gasteiger partial charge is 0.508 e. The molecule has 1 aromatic carbocycles. The smallest absolute Gasteiger partial charge is 0.310 e. The van der Waals surface area contributed by atoms with Crippen LogP contribution in [0.25, 0.3) is 0 Å². The number of nitrogens with one attached hydrogen (secondary N) is 1. The van der Waals surface area contributed by atoms with Crippen molar-refractivity contribution in [2.75, 3.05) is 26.4 Å². The van der Waals surface area contributed by atoms with Gasteiger partial charge in [-0.2, -0.15) is 5.10 Å². The van der Waals surface area contributed by atoms with E-state index in [0.717, 1.165) is 22.9 Å². The summed E-state index contributed by atoms with van der Waals surface area (Å²) in [6, 6.07) is 5.95. The molecule has 4 atom stereocenters. The summed E-state index contributed by atoms with van der Waals surface area (Å²) in [6.45, 7) is 9.41. The van der Waals surface area contributed by atoms with Crippen molar-refractivity contribution in [1.29, 1.82) is 0 Å². The maximum atomic E-state index is 13.4. The monoisotopic (exact) mass is 476 g/mol. The average Bonchev–Trinajstić information content (AvgIpc) is 2.76. The van der Waals surface area contributed by atoms with E-state index in [2.05, 4.69) is 30.2 Å². The van der Waals surface area contributed by atoms with Crippen molar-refractivity contribution >= 4 is 25.7 Å². The molecule has 0 saturated heterocycles. The van der Waals surface area contributed by atoms with Crippen LogP contribution in [-0.2, 0) is 19.1 Å². The maximum Gasteiger partial charge on any atom is 0.310 e. The first-order chi connectivity index (χ1) is 15.7. The van der Waals surface area contributed by atoms with Gasteiger partial charge in [0.15, 0.2) is 0 Å². The van der Waals surface area contributed by atoms with Gasteiger partial charge in [-0.05, 0) is 42.1 Å². The number of phenols is 1. The highest BCUT2D eigenvalue weighted by Gasteiger charge is 2.57. The lowest BCUT2D eigenvalue weighted by molar-refractivity contribution is -0.163. The second kappa shape index (κ2) is 10.7. The topological polar surface area (TPSA) is 117 Å². The van der Waals surface area contributed by atoms with Crippen LogP contribution in [-0.4, -0.2) is 62.3 Å². The molecule has 0 spiro atoms. The third kappa shape index (κ3) is 5.76.